The highest BCUT2D eigenvalue weighted by Crippen LogP contribution is 2.26. The maximum atomic E-state index is 13.3. The lowest BCUT2D eigenvalue weighted by molar-refractivity contribution is 0.401. The van der Waals surface area contributed by atoms with Crippen molar-refractivity contribution in [3.05, 3.63) is 58.9 Å². The van der Waals surface area contributed by atoms with Crippen LogP contribution in [0.5, 0.6) is 11.5 Å². The molecular weight excluding hydrogens is 269 g/mol. The zero-order valence-corrected chi connectivity index (χ0v) is 12.5. The van der Waals surface area contributed by atoms with Gasteiger partial charge in [-0.05, 0) is 37.6 Å². The first kappa shape index (κ1) is 15.3. The monoisotopic (exact) mass is 289 g/mol. The molecule has 0 spiro atoms. The summed E-state index contributed by atoms with van der Waals surface area (Å²) in [6.45, 7) is 4.58. The third-order valence-corrected chi connectivity index (χ3v) is 3.48. The third kappa shape index (κ3) is 3.73. The van der Waals surface area contributed by atoms with Gasteiger partial charge in [0.15, 0.2) is 11.6 Å². The van der Waals surface area contributed by atoms with Gasteiger partial charge in [-0.2, -0.15) is 0 Å². The van der Waals surface area contributed by atoms with Crippen LogP contribution in [-0.4, -0.2) is 12.2 Å². The second kappa shape index (κ2) is 6.59. The van der Waals surface area contributed by atoms with E-state index in [1.807, 2.05) is 26.0 Å². The van der Waals surface area contributed by atoms with E-state index in [1.165, 1.54) is 12.1 Å². The van der Waals surface area contributed by atoms with Crippen LogP contribution >= 0.6 is 0 Å². The Morgan fingerprint density at radius 2 is 2.00 bits per heavy atom. The first-order valence-corrected chi connectivity index (χ1v) is 6.86. The molecule has 0 aliphatic heterocycles. The van der Waals surface area contributed by atoms with Crippen molar-refractivity contribution in [3.8, 4) is 11.5 Å². The van der Waals surface area contributed by atoms with Gasteiger partial charge in [0.1, 0.15) is 5.75 Å². The molecular formula is C17H20FNO2. The maximum absolute atomic E-state index is 13.3. The van der Waals surface area contributed by atoms with E-state index in [4.69, 9.17) is 4.74 Å². The number of ether oxygens (including phenoxy) is 1. The highest BCUT2D eigenvalue weighted by Gasteiger charge is 2.11. The minimum absolute atomic E-state index is 0.0664. The van der Waals surface area contributed by atoms with E-state index in [0.717, 1.165) is 22.4 Å². The number of methoxy groups -OCH3 is 1. The first-order valence-electron chi connectivity index (χ1n) is 6.86. The van der Waals surface area contributed by atoms with E-state index in [2.05, 4.69) is 11.4 Å². The molecule has 1 unspecified atom stereocenters. The number of rotatable bonds is 5. The Bertz CT molecular complexity index is 628. The Hall–Kier alpha value is -2.07. The highest BCUT2D eigenvalue weighted by molar-refractivity contribution is 5.39. The molecule has 1 atom stereocenters. The van der Waals surface area contributed by atoms with Crippen LogP contribution in [0.25, 0.3) is 0 Å². The number of halogens is 1. The molecule has 0 fully saturated rings. The summed E-state index contributed by atoms with van der Waals surface area (Å²) >= 11 is 0. The van der Waals surface area contributed by atoms with E-state index >= 15 is 0 Å². The van der Waals surface area contributed by atoms with Crippen molar-refractivity contribution in [3.63, 3.8) is 0 Å². The molecule has 2 N–H and O–H groups in total. The van der Waals surface area contributed by atoms with Gasteiger partial charge in [0.05, 0.1) is 7.11 Å². The molecule has 0 saturated heterocycles. The topological polar surface area (TPSA) is 41.5 Å². The largest absolute Gasteiger partial charge is 0.505 e. The van der Waals surface area contributed by atoms with Crippen LogP contribution in [0.1, 0.15) is 29.7 Å². The number of nitrogens with one attached hydrogen (secondary N) is 1. The molecule has 0 aliphatic carbocycles. The second-order valence-electron chi connectivity index (χ2n) is 5.13. The van der Waals surface area contributed by atoms with Crippen molar-refractivity contribution in [2.24, 2.45) is 0 Å². The molecule has 112 valence electrons. The van der Waals surface area contributed by atoms with Gasteiger partial charge < -0.3 is 15.2 Å². The number of phenolic OH excluding ortho intramolecular Hbond substituents is 1. The minimum atomic E-state index is -0.602. The van der Waals surface area contributed by atoms with Gasteiger partial charge in [0.2, 0.25) is 0 Å². The second-order valence-corrected chi connectivity index (χ2v) is 5.13. The van der Waals surface area contributed by atoms with Gasteiger partial charge in [-0.1, -0.05) is 23.8 Å². The Kier molecular flexibility index (Phi) is 4.81. The van der Waals surface area contributed by atoms with Gasteiger partial charge in [-0.25, -0.2) is 4.39 Å². The minimum Gasteiger partial charge on any atom is -0.505 e. The predicted octanol–water partition coefficient (Wildman–Crippen LogP) is 3.70. The average Bonchev–Trinajstić information content (AvgIpc) is 2.48. The van der Waals surface area contributed by atoms with Crippen LogP contribution in [0.3, 0.4) is 0 Å². The molecule has 2 aromatic rings. The quantitative estimate of drug-likeness (QED) is 0.882. The Morgan fingerprint density at radius 3 is 2.67 bits per heavy atom. The lowest BCUT2D eigenvalue weighted by Gasteiger charge is -2.18. The van der Waals surface area contributed by atoms with Gasteiger partial charge in [0.25, 0.3) is 0 Å². The number of aryl methyl sites for hydroxylation is 1. The van der Waals surface area contributed by atoms with Crippen LogP contribution in [0.15, 0.2) is 36.4 Å². The number of phenols is 1. The number of hydrogen-bond acceptors (Lipinski definition) is 3. The fraction of sp³-hybridized carbons (Fsp3) is 0.294. The molecule has 2 rings (SSSR count). The van der Waals surface area contributed by atoms with E-state index in [9.17, 15) is 9.50 Å². The van der Waals surface area contributed by atoms with Gasteiger partial charge in [0, 0.05) is 18.2 Å². The van der Waals surface area contributed by atoms with Crippen molar-refractivity contribution < 1.29 is 14.2 Å². The van der Waals surface area contributed by atoms with Gasteiger partial charge >= 0.3 is 0 Å². The van der Waals surface area contributed by atoms with E-state index in [0.29, 0.717) is 6.54 Å². The average molecular weight is 289 g/mol. The molecule has 0 heterocycles. The summed E-state index contributed by atoms with van der Waals surface area (Å²) in [5.41, 5.74) is 3.01. The van der Waals surface area contributed by atoms with Crippen molar-refractivity contribution in [1.82, 2.24) is 5.32 Å². The Balaban J connectivity index is 2.09. The summed E-state index contributed by atoms with van der Waals surface area (Å²) in [5.74, 6) is -0.0975. The van der Waals surface area contributed by atoms with Crippen molar-refractivity contribution >= 4 is 0 Å². The highest BCUT2D eigenvalue weighted by atomic mass is 19.1. The zero-order valence-electron chi connectivity index (χ0n) is 12.5. The molecule has 0 amide bonds. The normalized spacial score (nSPS) is 12.2. The summed E-state index contributed by atoms with van der Waals surface area (Å²) < 4.78 is 18.7. The molecule has 0 bridgehead atoms. The van der Waals surface area contributed by atoms with Crippen molar-refractivity contribution in [2.45, 2.75) is 26.4 Å². The number of aromatic hydroxyl groups is 1. The van der Waals surface area contributed by atoms with Crippen molar-refractivity contribution in [2.75, 3.05) is 7.11 Å². The SMILES string of the molecule is COc1ccc(C)cc1C(C)NCc1ccc(O)c(F)c1. The first-order chi connectivity index (χ1) is 10.0. The fourth-order valence-corrected chi connectivity index (χ4v) is 2.23. The summed E-state index contributed by atoms with van der Waals surface area (Å²) in [6, 6.07) is 10.5. The maximum Gasteiger partial charge on any atom is 0.165 e. The fourth-order valence-electron chi connectivity index (χ4n) is 2.23. The predicted molar refractivity (Wildman–Crippen MR) is 81.1 cm³/mol. The smallest absolute Gasteiger partial charge is 0.165 e. The third-order valence-electron chi connectivity index (χ3n) is 3.48. The van der Waals surface area contributed by atoms with Crippen LogP contribution in [0.4, 0.5) is 4.39 Å². The molecule has 0 saturated carbocycles. The lowest BCUT2D eigenvalue weighted by Crippen LogP contribution is -2.19. The molecule has 3 nitrogen and oxygen atoms in total. The van der Waals surface area contributed by atoms with Crippen LogP contribution in [0.2, 0.25) is 0 Å². The zero-order chi connectivity index (χ0) is 15.4. The molecule has 21 heavy (non-hydrogen) atoms. The Morgan fingerprint density at radius 1 is 1.24 bits per heavy atom. The summed E-state index contributed by atoms with van der Waals surface area (Å²) in [4.78, 5) is 0. The van der Waals surface area contributed by atoms with Crippen LogP contribution in [0, 0.1) is 12.7 Å². The molecule has 0 radical (unpaired) electrons. The van der Waals surface area contributed by atoms with Crippen LogP contribution < -0.4 is 10.1 Å². The van der Waals surface area contributed by atoms with E-state index in [-0.39, 0.29) is 11.8 Å². The summed E-state index contributed by atoms with van der Waals surface area (Å²) in [5, 5.41) is 12.5. The molecule has 4 heteroatoms. The van der Waals surface area contributed by atoms with E-state index in [1.54, 1.807) is 13.2 Å². The van der Waals surface area contributed by atoms with Gasteiger partial charge in [-0.3, -0.25) is 0 Å². The van der Waals surface area contributed by atoms with Gasteiger partial charge in [-0.15, -0.1) is 0 Å². The standard InChI is InChI=1S/C17H20FNO2/c1-11-4-7-17(21-3)14(8-11)12(2)19-10-13-5-6-16(20)15(18)9-13/h4-9,12,19-20H,10H2,1-3H3. The number of hydrogen-bond donors (Lipinski definition) is 2. The van der Waals surface area contributed by atoms with Crippen molar-refractivity contribution in [1.29, 1.82) is 0 Å². The molecule has 0 aliphatic rings. The van der Waals surface area contributed by atoms with E-state index < -0.39 is 5.82 Å². The lowest BCUT2D eigenvalue weighted by atomic mass is 10.0. The number of benzene rings is 2. The summed E-state index contributed by atoms with van der Waals surface area (Å²) in [7, 11) is 1.65. The summed E-state index contributed by atoms with van der Waals surface area (Å²) in [6.07, 6.45) is 0. The molecule has 2 aromatic carbocycles. The molecule has 0 aromatic heterocycles. The van der Waals surface area contributed by atoms with Crippen LogP contribution in [-0.2, 0) is 6.54 Å². The Labute approximate surface area is 124 Å².